The summed E-state index contributed by atoms with van der Waals surface area (Å²) in [4.78, 5) is 10.5. The molecule has 0 aliphatic carbocycles. The van der Waals surface area contributed by atoms with E-state index in [1.165, 1.54) is 6.92 Å². The van der Waals surface area contributed by atoms with Gasteiger partial charge in [-0.1, -0.05) is 0 Å². The molecule has 1 N–H and O–H groups in total. The fourth-order valence-electron chi connectivity index (χ4n) is 1.43. The van der Waals surface area contributed by atoms with Crippen molar-refractivity contribution in [3.05, 3.63) is 0 Å². The number of ether oxygens (including phenoxy) is 2. The first kappa shape index (κ1) is 11.5. The Morgan fingerprint density at radius 2 is 2.50 bits per heavy atom. The molecule has 82 valence electrons. The summed E-state index contributed by atoms with van der Waals surface area (Å²) in [5, 5.41) is 2.72. The molecule has 0 aromatic rings. The van der Waals surface area contributed by atoms with Crippen LogP contribution in [-0.2, 0) is 14.3 Å². The Balaban J connectivity index is 1.82. The molecular weight excluding hydrogens is 182 g/mol. The molecule has 0 bridgehead atoms. The van der Waals surface area contributed by atoms with E-state index in [1.54, 1.807) is 0 Å². The number of amides is 1. The van der Waals surface area contributed by atoms with Gasteiger partial charge in [0.2, 0.25) is 5.91 Å². The molecule has 1 aliphatic rings. The second-order valence-corrected chi connectivity index (χ2v) is 3.55. The number of carbonyl (C=O) groups is 1. The lowest BCUT2D eigenvalue weighted by atomic mass is 10.2. The third kappa shape index (κ3) is 5.19. The van der Waals surface area contributed by atoms with Crippen LogP contribution in [0.4, 0.5) is 0 Å². The van der Waals surface area contributed by atoms with Crippen LogP contribution in [0, 0.1) is 0 Å². The van der Waals surface area contributed by atoms with Crippen molar-refractivity contribution in [1.82, 2.24) is 5.32 Å². The van der Waals surface area contributed by atoms with Crippen LogP contribution in [0.15, 0.2) is 0 Å². The molecule has 1 saturated heterocycles. The highest BCUT2D eigenvalue weighted by Gasteiger charge is 2.14. The molecular formula is C10H19NO3. The van der Waals surface area contributed by atoms with Crippen molar-refractivity contribution in [3.63, 3.8) is 0 Å². The van der Waals surface area contributed by atoms with Gasteiger partial charge in [0.25, 0.3) is 0 Å². The number of carbonyl (C=O) groups excluding carboxylic acids is 1. The van der Waals surface area contributed by atoms with E-state index >= 15 is 0 Å². The Kier molecular flexibility index (Phi) is 5.56. The fraction of sp³-hybridized carbons (Fsp3) is 0.900. The quantitative estimate of drug-likeness (QED) is 0.644. The van der Waals surface area contributed by atoms with Crippen molar-refractivity contribution in [3.8, 4) is 0 Å². The summed E-state index contributed by atoms with van der Waals surface area (Å²) in [6.45, 7) is 4.48. The molecule has 1 atom stereocenters. The summed E-state index contributed by atoms with van der Waals surface area (Å²) in [6, 6.07) is 0. The van der Waals surface area contributed by atoms with E-state index in [2.05, 4.69) is 5.32 Å². The topological polar surface area (TPSA) is 47.6 Å². The van der Waals surface area contributed by atoms with Crippen LogP contribution in [0.5, 0.6) is 0 Å². The Hall–Kier alpha value is -0.610. The normalized spacial score (nSPS) is 21.1. The van der Waals surface area contributed by atoms with E-state index < -0.39 is 0 Å². The van der Waals surface area contributed by atoms with Crippen molar-refractivity contribution >= 4 is 5.91 Å². The summed E-state index contributed by atoms with van der Waals surface area (Å²) in [6.07, 6.45) is 3.44. The minimum absolute atomic E-state index is 0.0177. The minimum atomic E-state index is 0.0177. The number of rotatable bonds is 6. The maximum atomic E-state index is 10.5. The predicted octanol–water partition coefficient (Wildman–Crippen LogP) is 0.708. The summed E-state index contributed by atoms with van der Waals surface area (Å²) in [7, 11) is 0. The summed E-state index contributed by atoms with van der Waals surface area (Å²) in [5.74, 6) is 0.0177. The fourth-order valence-corrected chi connectivity index (χ4v) is 1.43. The van der Waals surface area contributed by atoms with Crippen LogP contribution in [0.1, 0.15) is 26.2 Å². The zero-order valence-electron chi connectivity index (χ0n) is 8.75. The van der Waals surface area contributed by atoms with Crippen molar-refractivity contribution in [1.29, 1.82) is 0 Å². The lowest BCUT2D eigenvalue weighted by molar-refractivity contribution is -0.119. The van der Waals surface area contributed by atoms with Gasteiger partial charge >= 0.3 is 0 Å². The minimum Gasteiger partial charge on any atom is -0.379 e. The Bertz CT molecular complexity index is 167. The molecule has 4 heteroatoms. The van der Waals surface area contributed by atoms with Gasteiger partial charge in [0.05, 0.1) is 12.7 Å². The summed E-state index contributed by atoms with van der Waals surface area (Å²) in [5.41, 5.74) is 0. The van der Waals surface area contributed by atoms with E-state index in [0.29, 0.717) is 25.9 Å². The van der Waals surface area contributed by atoms with E-state index in [0.717, 1.165) is 25.9 Å². The molecule has 4 nitrogen and oxygen atoms in total. The van der Waals surface area contributed by atoms with Crippen molar-refractivity contribution < 1.29 is 14.3 Å². The first-order valence-electron chi connectivity index (χ1n) is 5.23. The molecule has 0 aromatic carbocycles. The van der Waals surface area contributed by atoms with Gasteiger partial charge in [0.15, 0.2) is 0 Å². The molecule has 0 unspecified atom stereocenters. The zero-order chi connectivity index (χ0) is 10.2. The molecule has 0 spiro atoms. The second kappa shape index (κ2) is 6.79. The maximum Gasteiger partial charge on any atom is 0.216 e. The molecule has 0 aromatic heterocycles. The van der Waals surface area contributed by atoms with Gasteiger partial charge in [-0.3, -0.25) is 4.79 Å². The number of hydrogen-bond acceptors (Lipinski definition) is 3. The molecule has 1 rings (SSSR count). The van der Waals surface area contributed by atoms with Crippen LogP contribution in [0.2, 0.25) is 0 Å². The van der Waals surface area contributed by atoms with Gasteiger partial charge in [-0.2, -0.15) is 0 Å². The van der Waals surface area contributed by atoms with Gasteiger partial charge in [-0.05, 0) is 19.3 Å². The monoisotopic (exact) mass is 201 g/mol. The third-order valence-electron chi connectivity index (χ3n) is 2.17. The first-order valence-corrected chi connectivity index (χ1v) is 5.23. The molecule has 1 fully saturated rings. The Morgan fingerprint density at radius 3 is 3.14 bits per heavy atom. The Morgan fingerprint density at radius 1 is 1.64 bits per heavy atom. The third-order valence-corrected chi connectivity index (χ3v) is 2.17. The summed E-state index contributed by atoms with van der Waals surface area (Å²) >= 11 is 0. The summed E-state index contributed by atoms with van der Waals surface area (Å²) < 4.78 is 10.8. The molecule has 0 saturated carbocycles. The lowest BCUT2D eigenvalue weighted by Crippen LogP contribution is -2.22. The lowest BCUT2D eigenvalue weighted by Gasteiger charge is -2.09. The van der Waals surface area contributed by atoms with Crippen molar-refractivity contribution in [2.75, 3.05) is 26.4 Å². The van der Waals surface area contributed by atoms with Gasteiger partial charge in [-0.25, -0.2) is 0 Å². The number of hydrogen-bond donors (Lipinski definition) is 1. The largest absolute Gasteiger partial charge is 0.379 e. The highest BCUT2D eigenvalue weighted by atomic mass is 16.5. The molecule has 1 aliphatic heterocycles. The van der Waals surface area contributed by atoms with Crippen LogP contribution in [0.25, 0.3) is 0 Å². The van der Waals surface area contributed by atoms with E-state index in [1.807, 2.05) is 0 Å². The zero-order valence-corrected chi connectivity index (χ0v) is 8.75. The van der Waals surface area contributed by atoms with E-state index in [4.69, 9.17) is 9.47 Å². The predicted molar refractivity (Wildman–Crippen MR) is 53.1 cm³/mol. The van der Waals surface area contributed by atoms with Crippen LogP contribution in [0.3, 0.4) is 0 Å². The highest BCUT2D eigenvalue weighted by Crippen LogP contribution is 2.11. The molecule has 1 amide bonds. The van der Waals surface area contributed by atoms with Crippen LogP contribution >= 0.6 is 0 Å². The second-order valence-electron chi connectivity index (χ2n) is 3.55. The van der Waals surface area contributed by atoms with Gasteiger partial charge in [-0.15, -0.1) is 0 Å². The van der Waals surface area contributed by atoms with E-state index in [9.17, 15) is 4.79 Å². The molecule has 14 heavy (non-hydrogen) atoms. The Labute approximate surface area is 85.0 Å². The van der Waals surface area contributed by atoms with Gasteiger partial charge in [0.1, 0.15) is 0 Å². The maximum absolute atomic E-state index is 10.5. The van der Waals surface area contributed by atoms with Gasteiger partial charge < -0.3 is 14.8 Å². The van der Waals surface area contributed by atoms with Crippen molar-refractivity contribution in [2.24, 2.45) is 0 Å². The van der Waals surface area contributed by atoms with Crippen LogP contribution < -0.4 is 5.32 Å². The molecule has 1 heterocycles. The highest BCUT2D eigenvalue weighted by molar-refractivity contribution is 5.72. The SMILES string of the molecule is CC(=O)NCCCOC[C@@H]1CCCO1. The van der Waals surface area contributed by atoms with E-state index in [-0.39, 0.29) is 5.91 Å². The smallest absolute Gasteiger partial charge is 0.216 e. The van der Waals surface area contributed by atoms with Gasteiger partial charge in [0, 0.05) is 26.7 Å². The van der Waals surface area contributed by atoms with Crippen molar-refractivity contribution in [2.45, 2.75) is 32.3 Å². The first-order chi connectivity index (χ1) is 6.79. The number of nitrogens with one attached hydrogen (secondary N) is 1. The standard InChI is InChI=1S/C10H19NO3/c1-9(12)11-5-3-6-13-8-10-4-2-7-14-10/h10H,2-8H2,1H3,(H,11,12)/t10-/m0/s1. The average molecular weight is 201 g/mol. The molecule has 0 radical (unpaired) electrons. The average Bonchev–Trinajstić information content (AvgIpc) is 2.63. The van der Waals surface area contributed by atoms with Crippen LogP contribution in [-0.4, -0.2) is 38.4 Å².